The Bertz CT molecular complexity index is 792. The van der Waals surface area contributed by atoms with Crippen LogP contribution in [-0.2, 0) is 18.9 Å². The van der Waals surface area contributed by atoms with Gasteiger partial charge in [0, 0.05) is 25.7 Å². The van der Waals surface area contributed by atoms with Crippen molar-refractivity contribution in [3.63, 3.8) is 0 Å². The van der Waals surface area contributed by atoms with Gasteiger partial charge in [-0.2, -0.15) is 0 Å². The first kappa shape index (κ1) is 35.8. The quantitative estimate of drug-likeness (QED) is 0.0865. The lowest BCUT2D eigenvalue weighted by molar-refractivity contribution is -0.320. The van der Waals surface area contributed by atoms with E-state index in [1.54, 1.807) is 0 Å². The minimum atomic E-state index is -1.49. The SMILES string of the molecule is NCC(O)CC[C@@H]1C[C@H](N)[C@@H](O[C@H]2O[C@H](CNCC(O)CO)[C@@H](O)C[C@H]2N)[C@H](O)[C@H]1O[C@H]1O[C@H](CO)[C@@H](O)[C@H](N)[C@H]1O. The highest BCUT2D eigenvalue weighted by Gasteiger charge is 2.50. The van der Waals surface area contributed by atoms with E-state index in [-0.39, 0.29) is 38.9 Å². The van der Waals surface area contributed by atoms with Gasteiger partial charge in [-0.3, -0.25) is 0 Å². The van der Waals surface area contributed by atoms with Gasteiger partial charge in [0.15, 0.2) is 12.6 Å². The van der Waals surface area contributed by atoms with Gasteiger partial charge >= 0.3 is 0 Å². The number of aliphatic hydroxyl groups is 8. The van der Waals surface area contributed by atoms with E-state index in [9.17, 15) is 35.7 Å². The number of nitrogens with two attached hydrogens (primary N) is 4. The Morgan fingerprint density at radius 1 is 0.810 bits per heavy atom. The van der Waals surface area contributed by atoms with Crippen molar-refractivity contribution in [3.8, 4) is 0 Å². The molecule has 42 heavy (non-hydrogen) atoms. The van der Waals surface area contributed by atoms with Crippen molar-refractivity contribution in [2.24, 2.45) is 28.9 Å². The molecular weight excluding hydrogens is 562 g/mol. The number of hydrogen-bond acceptors (Lipinski definition) is 17. The van der Waals surface area contributed by atoms with E-state index in [2.05, 4.69) is 5.32 Å². The Balaban J connectivity index is 1.74. The normalized spacial score (nSPS) is 44.6. The van der Waals surface area contributed by atoms with E-state index in [4.69, 9.17) is 47.0 Å². The predicted octanol–water partition coefficient (Wildman–Crippen LogP) is -6.92. The van der Waals surface area contributed by atoms with Crippen LogP contribution in [0.4, 0.5) is 0 Å². The number of nitrogens with one attached hydrogen (secondary N) is 1. The highest BCUT2D eigenvalue weighted by Crippen LogP contribution is 2.36. The summed E-state index contributed by atoms with van der Waals surface area (Å²) in [5, 5.41) is 83.9. The molecule has 2 aliphatic heterocycles. The Labute approximate surface area is 244 Å². The average molecular weight is 614 g/mol. The van der Waals surface area contributed by atoms with Gasteiger partial charge in [0.25, 0.3) is 0 Å². The maximum Gasteiger partial charge on any atom is 0.186 e. The van der Waals surface area contributed by atoms with Gasteiger partial charge in [-0.15, -0.1) is 0 Å². The number of aliphatic hydroxyl groups excluding tert-OH is 8. The molecule has 17 nitrogen and oxygen atoms in total. The molecule has 248 valence electrons. The fraction of sp³-hybridized carbons (Fsp3) is 1.00. The summed E-state index contributed by atoms with van der Waals surface area (Å²) in [6.45, 7) is -0.795. The van der Waals surface area contributed by atoms with Crippen LogP contribution in [-0.4, -0.2) is 165 Å². The largest absolute Gasteiger partial charge is 0.394 e. The summed E-state index contributed by atoms with van der Waals surface area (Å²) < 4.78 is 23.7. The number of ether oxygens (including phenoxy) is 4. The molecule has 1 saturated carbocycles. The van der Waals surface area contributed by atoms with Crippen LogP contribution < -0.4 is 28.3 Å². The van der Waals surface area contributed by atoms with Crippen LogP contribution in [0, 0.1) is 5.92 Å². The summed E-state index contributed by atoms with van der Waals surface area (Å²) in [6.07, 6.45) is -12.5. The van der Waals surface area contributed by atoms with Gasteiger partial charge in [-0.05, 0) is 31.6 Å². The summed E-state index contributed by atoms with van der Waals surface area (Å²) in [5.41, 5.74) is 24.2. The molecule has 0 radical (unpaired) electrons. The molecule has 0 spiro atoms. The summed E-state index contributed by atoms with van der Waals surface area (Å²) in [7, 11) is 0. The third-order valence-electron chi connectivity index (χ3n) is 8.33. The fourth-order valence-electron chi connectivity index (χ4n) is 5.73. The number of rotatable bonds is 14. The first-order valence-corrected chi connectivity index (χ1v) is 14.5. The maximum absolute atomic E-state index is 11.5. The van der Waals surface area contributed by atoms with Crippen molar-refractivity contribution in [2.45, 2.75) is 117 Å². The van der Waals surface area contributed by atoms with Crippen molar-refractivity contribution in [2.75, 3.05) is 32.8 Å². The zero-order valence-electron chi connectivity index (χ0n) is 23.6. The second-order valence-corrected chi connectivity index (χ2v) is 11.6. The van der Waals surface area contributed by atoms with Crippen molar-refractivity contribution in [1.29, 1.82) is 0 Å². The van der Waals surface area contributed by atoms with Crippen LogP contribution in [0.25, 0.3) is 0 Å². The van der Waals surface area contributed by atoms with E-state index in [0.717, 1.165) is 0 Å². The van der Waals surface area contributed by atoms with Crippen LogP contribution in [0.3, 0.4) is 0 Å². The van der Waals surface area contributed by atoms with Crippen molar-refractivity contribution in [1.82, 2.24) is 5.32 Å². The maximum atomic E-state index is 11.5. The fourth-order valence-corrected chi connectivity index (χ4v) is 5.73. The summed E-state index contributed by atoms with van der Waals surface area (Å²) in [4.78, 5) is 0. The van der Waals surface area contributed by atoms with Gasteiger partial charge in [-0.1, -0.05) is 0 Å². The third-order valence-corrected chi connectivity index (χ3v) is 8.33. The van der Waals surface area contributed by atoms with Crippen LogP contribution >= 0.6 is 0 Å². The molecular formula is C25H51N5O12. The van der Waals surface area contributed by atoms with Crippen LogP contribution in [0.15, 0.2) is 0 Å². The molecule has 2 saturated heterocycles. The molecule has 2 heterocycles. The lowest BCUT2D eigenvalue weighted by atomic mass is 9.77. The molecule has 0 aromatic carbocycles. The van der Waals surface area contributed by atoms with E-state index in [0.29, 0.717) is 6.42 Å². The molecule has 3 rings (SSSR count). The van der Waals surface area contributed by atoms with Crippen LogP contribution in [0.1, 0.15) is 25.7 Å². The predicted molar refractivity (Wildman–Crippen MR) is 145 cm³/mol. The first-order valence-electron chi connectivity index (χ1n) is 14.5. The Morgan fingerprint density at radius 3 is 2.12 bits per heavy atom. The molecule has 2 unspecified atom stereocenters. The van der Waals surface area contributed by atoms with E-state index < -0.39 is 111 Å². The standard InChI is InChI=1S/C25H51N5O12/c26-5-11(33)2-1-10-3-13(27)23(21(38)22(10)41-25-20(37)18(29)19(36)17(9-32)40-25)42-24-14(28)4-15(35)16(39-24)7-30-6-12(34)8-31/h10-25,30-38H,1-9,26-29H2/t10-,11?,12?,13+,14-,15+,16-,17-,18+,19-,20-,21-,22+,23-,24-,25-/m1/s1. The summed E-state index contributed by atoms with van der Waals surface area (Å²) in [5.74, 6) is -0.444. The molecule has 17 heteroatoms. The molecule has 16 atom stereocenters. The van der Waals surface area contributed by atoms with Gasteiger partial charge in [0.1, 0.15) is 30.5 Å². The van der Waals surface area contributed by atoms with Crippen molar-refractivity contribution in [3.05, 3.63) is 0 Å². The first-order chi connectivity index (χ1) is 19.9. The Hall–Kier alpha value is -0.680. The zero-order valence-corrected chi connectivity index (χ0v) is 23.6. The monoisotopic (exact) mass is 613 g/mol. The average Bonchev–Trinajstić information content (AvgIpc) is 2.97. The van der Waals surface area contributed by atoms with Gasteiger partial charge in [-0.25, -0.2) is 0 Å². The molecule has 0 amide bonds. The number of hydrogen-bond donors (Lipinski definition) is 13. The minimum absolute atomic E-state index is 0.0334. The topological polar surface area (TPSA) is 315 Å². The van der Waals surface area contributed by atoms with Crippen molar-refractivity contribution >= 4 is 0 Å². The van der Waals surface area contributed by atoms with Gasteiger partial charge in [0.2, 0.25) is 0 Å². The Kier molecular flexibility index (Phi) is 14.1. The molecule has 3 aliphatic rings. The molecule has 0 aromatic rings. The highest BCUT2D eigenvalue weighted by atomic mass is 16.7. The highest BCUT2D eigenvalue weighted by molar-refractivity contribution is 4.99. The van der Waals surface area contributed by atoms with Crippen LogP contribution in [0.2, 0.25) is 0 Å². The molecule has 1 aliphatic carbocycles. The molecule has 17 N–H and O–H groups in total. The smallest absolute Gasteiger partial charge is 0.186 e. The summed E-state index contributed by atoms with van der Waals surface area (Å²) in [6, 6.07) is -2.70. The summed E-state index contributed by atoms with van der Waals surface area (Å²) >= 11 is 0. The van der Waals surface area contributed by atoms with Crippen LogP contribution in [0.5, 0.6) is 0 Å². The second-order valence-electron chi connectivity index (χ2n) is 11.6. The molecule has 0 aromatic heterocycles. The zero-order chi connectivity index (χ0) is 31.1. The van der Waals surface area contributed by atoms with Gasteiger partial charge < -0.3 is 88.1 Å². The van der Waals surface area contributed by atoms with Crippen molar-refractivity contribution < 1.29 is 59.8 Å². The van der Waals surface area contributed by atoms with E-state index in [1.807, 2.05) is 0 Å². The minimum Gasteiger partial charge on any atom is -0.394 e. The molecule has 3 fully saturated rings. The van der Waals surface area contributed by atoms with E-state index >= 15 is 0 Å². The Morgan fingerprint density at radius 2 is 1.48 bits per heavy atom. The molecule has 0 bridgehead atoms. The van der Waals surface area contributed by atoms with E-state index in [1.165, 1.54) is 0 Å². The van der Waals surface area contributed by atoms with Gasteiger partial charge in [0.05, 0.1) is 55.8 Å². The second kappa shape index (κ2) is 16.6. The lowest BCUT2D eigenvalue weighted by Gasteiger charge is -2.48. The lowest BCUT2D eigenvalue weighted by Crippen LogP contribution is -2.66. The third kappa shape index (κ3) is 8.95.